The van der Waals surface area contributed by atoms with Crippen LogP contribution in [0.3, 0.4) is 0 Å². The van der Waals surface area contributed by atoms with Crippen molar-refractivity contribution in [3.05, 3.63) is 71.0 Å². The van der Waals surface area contributed by atoms with E-state index in [2.05, 4.69) is 21.3 Å². The average Bonchev–Trinajstić information content (AvgIpc) is 3.40. The summed E-state index contributed by atoms with van der Waals surface area (Å²) in [4.78, 5) is 25.0. The molecule has 0 bridgehead atoms. The molecule has 8 heteroatoms. The van der Waals surface area contributed by atoms with Gasteiger partial charge < -0.3 is 10.1 Å². The van der Waals surface area contributed by atoms with Crippen molar-refractivity contribution < 1.29 is 14.3 Å². The first kappa shape index (κ1) is 20.5. The zero-order valence-corrected chi connectivity index (χ0v) is 17.6. The highest BCUT2D eigenvalue weighted by atomic mass is 16.5. The molecular formula is C23H25N5O3. The Balaban J connectivity index is 1.42. The molecule has 0 unspecified atom stereocenters. The maximum atomic E-state index is 12.8. The van der Waals surface area contributed by atoms with Gasteiger partial charge in [-0.2, -0.15) is 5.10 Å². The van der Waals surface area contributed by atoms with Crippen LogP contribution in [-0.4, -0.2) is 35.2 Å². The van der Waals surface area contributed by atoms with E-state index in [1.165, 1.54) is 0 Å². The van der Waals surface area contributed by atoms with Crippen LogP contribution >= 0.6 is 0 Å². The molecule has 1 aliphatic carbocycles. The van der Waals surface area contributed by atoms with Gasteiger partial charge in [0, 0.05) is 11.3 Å². The molecule has 3 N–H and O–H groups in total. The molecule has 0 saturated heterocycles. The summed E-state index contributed by atoms with van der Waals surface area (Å²) in [6, 6.07) is 15.3. The number of hydrogen-bond donors (Lipinski definition) is 3. The first-order valence-electron chi connectivity index (χ1n) is 10.2. The van der Waals surface area contributed by atoms with Crippen LogP contribution < -0.4 is 20.9 Å². The zero-order chi connectivity index (χ0) is 21.8. The second kappa shape index (κ2) is 8.91. The third-order valence-electron chi connectivity index (χ3n) is 5.35. The molecule has 0 saturated carbocycles. The molecular weight excluding hydrogens is 394 g/mol. The minimum atomic E-state index is -0.420. The summed E-state index contributed by atoms with van der Waals surface area (Å²) < 4.78 is 7.11. The van der Waals surface area contributed by atoms with Crippen LogP contribution in [0.5, 0.6) is 5.75 Å². The molecule has 31 heavy (non-hydrogen) atoms. The Hall–Kier alpha value is -3.81. The zero-order valence-electron chi connectivity index (χ0n) is 17.6. The molecule has 0 radical (unpaired) electrons. The molecule has 0 fully saturated rings. The molecule has 0 spiro atoms. The van der Waals surface area contributed by atoms with E-state index in [1.54, 1.807) is 13.2 Å². The quantitative estimate of drug-likeness (QED) is 0.534. The van der Waals surface area contributed by atoms with Gasteiger partial charge in [0.1, 0.15) is 5.75 Å². The van der Waals surface area contributed by atoms with Gasteiger partial charge in [0.2, 0.25) is 0 Å². The molecule has 1 heterocycles. The van der Waals surface area contributed by atoms with Crippen LogP contribution in [0, 0.1) is 6.92 Å². The van der Waals surface area contributed by atoms with Crippen LogP contribution in [0.25, 0.3) is 5.69 Å². The van der Waals surface area contributed by atoms with E-state index in [1.807, 2.05) is 54.1 Å². The molecule has 1 aromatic heterocycles. The van der Waals surface area contributed by atoms with Crippen LogP contribution in [0.2, 0.25) is 0 Å². The standard InChI is InChI=1S/C23H25N5O3/c1-15-8-3-5-11-18(15)28-19-12-7-9-16(19)22(27-28)23(30)26-25-21(29)14-24-17-10-4-6-13-20(17)31-2/h3-6,8,10-11,13,24H,7,9,12,14H2,1-2H3,(H,25,29)(H,26,30). The Kier molecular flexibility index (Phi) is 5.88. The van der Waals surface area contributed by atoms with Crippen molar-refractivity contribution in [2.45, 2.75) is 26.2 Å². The summed E-state index contributed by atoms with van der Waals surface area (Å²) in [5.41, 5.74) is 10.0. The van der Waals surface area contributed by atoms with Gasteiger partial charge >= 0.3 is 0 Å². The van der Waals surface area contributed by atoms with E-state index in [0.717, 1.165) is 41.8 Å². The maximum absolute atomic E-state index is 12.8. The van der Waals surface area contributed by atoms with Crippen molar-refractivity contribution in [2.24, 2.45) is 0 Å². The number of anilines is 1. The number of benzene rings is 2. The average molecular weight is 419 g/mol. The van der Waals surface area contributed by atoms with Gasteiger partial charge in [0.05, 0.1) is 25.0 Å². The van der Waals surface area contributed by atoms with Crippen LogP contribution in [0.1, 0.15) is 33.7 Å². The first-order chi connectivity index (χ1) is 15.1. The lowest BCUT2D eigenvalue weighted by molar-refractivity contribution is -0.120. The number of aryl methyl sites for hydroxylation is 1. The van der Waals surface area contributed by atoms with Gasteiger partial charge in [-0.1, -0.05) is 30.3 Å². The van der Waals surface area contributed by atoms with Crippen molar-refractivity contribution in [1.82, 2.24) is 20.6 Å². The summed E-state index contributed by atoms with van der Waals surface area (Å²) in [5, 5.41) is 7.57. The number of para-hydroxylation sites is 3. The molecule has 0 aliphatic heterocycles. The molecule has 4 rings (SSSR count). The number of nitrogens with one attached hydrogen (secondary N) is 3. The van der Waals surface area contributed by atoms with E-state index in [9.17, 15) is 9.59 Å². The Bertz CT molecular complexity index is 1120. The van der Waals surface area contributed by atoms with Gasteiger partial charge in [0.15, 0.2) is 5.69 Å². The number of rotatable bonds is 6. The fourth-order valence-electron chi connectivity index (χ4n) is 3.82. The van der Waals surface area contributed by atoms with E-state index in [4.69, 9.17) is 4.74 Å². The van der Waals surface area contributed by atoms with Gasteiger partial charge in [-0.15, -0.1) is 0 Å². The minimum absolute atomic E-state index is 0.0174. The van der Waals surface area contributed by atoms with E-state index < -0.39 is 5.91 Å². The van der Waals surface area contributed by atoms with Gasteiger partial charge in [-0.25, -0.2) is 4.68 Å². The number of nitrogens with zero attached hydrogens (tertiary/aromatic N) is 2. The fraction of sp³-hybridized carbons (Fsp3) is 0.261. The summed E-state index contributed by atoms with van der Waals surface area (Å²) in [6.07, 6.45) is 2.65. The van der Waals surface area contributed by atoms with E-state index in [-0.39, 0.29) is 12.5 Å². The van der Waals surface area contributed by atoms with Crippen molar-refractivity contribution in [1.29, 1.82) is 0 Å². The number of methoxy groups -OCH3 is 1. The molecule has 160 valence electrons. The molecule has 2 aromatic carbocycles. The maximum Gasteiger partial charge on any atom is 0.290 e. The number of hydrazine groups is 1. The second-order valence-electron chi connectivity index (χ2n) is 7.38. The van der Waals surface area contributed by atoms with Crippen molar-refractivity contribution in [2.75, 3.05) is 19.0 Å². The first-order valence-corrected chi connectivity index (χ1v) is 10.2. The molecule has 2 amide bonds. The Morgan fingerprint density at radius 2 is 1.84 bits per heavy atom. The van der Waals surface area contributed by atoms with E-state index in [0.29, 0.717) is 17.1 Å². The minimum Gasteiger partial charge on any atom is -0.495 e. The molecule has 3 aromatic rings. The lowest BCUT2D eigenvalue weighted by Gasteiger charge is -2.11. The highest BCUT2D eigenvalue weighted by Crippen LogP contribution is 2.28. The highest BCUT2D eigenvalue weighted by molar-refractivity contribution is 5.95. The number of ether oxygens (including phenoxy) is 1. The fourth-order valence-corrected chi connectivity index (χ4v) is 3.82. The Morgan fingerprint density at radius 1 is 1.06 bits per heavy atom. The van der Waals surface area contributed by atoms with Gasteiger partial charge in [-0.05, 0) is 49.9 Å². The third kappa shape index (κ3) is 4.23. The van der Waals surface area contributed by atoms with Crippen molar-refractivity contribution >= 4 is 17.5 Å². The third-order valence-corrected chi connectivity index (χ3v) is 5.35. The highest BCUT2D eigenvalue weighted by Gasteiger charge is 2.27. The SMILES string of the molecule is COc1ccccc1NCC(=O)NNC(=O)c1nn(-c2ccccc2C)c2c1CCC2. The van der Waals surface area contributed by atoms with Crippen LogP contribution in [-0.2, 0) is 17.6 Å². The van der Waals surface area contributed by atoms with Crippen molar-refractivity contribution in [3.63, 3.8) is 0 Å². The number of amides is 2. The molecule has 0 atom stereocenters. The van der Waals surface area contributed by atoms with Gasteiger partial charge in [0.25, 0.3) is 11.8 Å². The van der Waals surface area contributed by atoms with Crippen molar-refractivity contribution in [3.8, 4) is 11.4 Å². The summed E-state index contributed by atoms with van der Waals surface area (Å²) >= 11 is 0. The predicted octanol–water partition coefficient (Wildman–Crippen LogP) is 2.55. The number of aromatic nitrogens is 2. The second-order valence-corrected chi connectivity index (χ2v) is 7.38. The number of carbonyl (C=O) groups excluding carboxylic acids is 2. The largest absolute Gasteiger partial charge is 0.495 e. The number of fused-ring (bicyclic) bond motifs is 1. The lowest BCUT2D eigenvalue weighted by atomic mass is 10.2. The normalized spacial score (nSPS) is 12.2. The van der Waals surface area contributed by atoms with Crippen LogP contribution in [0.15, 0.2) is 48.5 Å². The van der Waals surface area contributed by atoms with Crippen LogP contribution in [0.4, 0.5) is 5.69 Å². The Labute approximate surface area is 180 Å². The summed E-state index contributed by atoms with van der Waals surface area (Å²) in [6.45, 7) is 2.00. The van der Waals surface area contributed by atoms with E-state index >= 15 is 0 Å². The molecule has 8 nitrogen and oxygen atoms in total. The number of carbonyl (C=O) groups is 2. The summed E-state index contributed by atoms with van der Waals surface area (Å²) in [5.74, 6) is -0.165. The number of hydrogen-bond acceptors (Lipinski definition) is 5. The summed E-state index contributed by atoms with van der Waals surface area (Å²) in [7, 11) is 1.56. The van der Waals surface area contributed by atoms with Gasteiger partial charge in [-0.3, -0.25) is 20.4 Å². The molecule has 1 aliphatic rings. The topological polar surface area (TPSA) is 97.3 Å². The predicted molar refractivity (Wildman–Crippen MR) is 117 cm³/mol. The smallest absolute Gasteiger partial charge is 0.290 e. The lowest BCUT2D eigenvalue weighted by Crippen LogP contribution is -2.44. The Morgan fingerprint density at radius 3 is 2.65 bits per heavy atom. The monoisotopic (exact) mass is 419 g/mol.